The van der Waals surface area contributed by atoms with Crippen molar-refractivity contribution in [1.29, 1.82) is 0 Å². The van der Waals surface area contributed by atoms with Crippen molar-refractivity contribution in [2.75, 3.05) is 23.3 Å². The van der Waals surface area contributed by atoms with Crippen molar-refractivity contribution in [3.63, 3.8) is 0 Å². The van der Waals surface area contributed by atoms with Crippen molar-refractivity contribution in [2.24, 2.45) is 0 Å². The summed E-state index contributed by atoms with van der Waals surface area (Å²) in [5.74, 6) is 1.77. The standard InChI is InChI=1S/C26H33N5O/c1-5-21-15-28-26(29-16-21)31-12-10-23(11-13-31)32-24-8-7-22(18(2)14-24)17-27-25-9-6-19(3)30-20(25)4/h6-9,14-16,23,27H,5,10-13,17H2,1-4H3. The fraction of sp³-hybridized carbons (Fsp3) is 0.423. The molecule has 1 fully saturated rings. The SMILES string of the molecule is CCc1cnc(N2CCC(Oc3ccc(CNc4ccc(C)nc4C)c(C)c3)CC2)nc1. The lowest BCUT2D eigenvalue weighted by Crippen LogP contribution is -2.39. The molecule has 1 saturated heterocycles. The van der Waals surface area contributed by atoms with Crippen molar-refractivity contribution < 1.29 is 4.74 Å². The molecule has 1 aliphatic rings. The molecule has 0 aliphatic carbocycles. The second-order valence-electron chi connectivity index (χ2n) is 8.58. The summed E-state index contributed by atoms with van der Waals surface area (Å²) < 4.78 is 6.31. The molecule has 2 aromatic heterocycles. The second kappa shape index (κ2) is 9.98. The number of nitrogens with zero attached hydrogens (tertiary/aromatic N) is 4. The van der Waals surface area contributed by atoms with Crippen LogP contribution in [-0.4, -0.2) is 34.1 Å². The van der Waals surface area contributed by atoms with Crippen molar-refractivity contribution in [3.8, 4) is 5.75 Å². The zero-order valence-corrected chi connectivity index (χ0v) is 19.6. The van der Waals surface area contributed by atoms with Gasteiger partial charge in [-0.2, -0.15) is 0 Å². The van der Waals surface area contributed by atoms with Gasteiger partial charge in [0.2, 0.25) is 5.95 Å². The van der Waals surface area contributed by atoms with Crippen LogP contribution in [0.15, 0.2) is 42.7 Å². The van der Waals surface area contributed by atoms with Crippen LogP contribution in [0.4, 0.5) is 11.6 Å². The predicted octanol–water partition coefficient (Wildman–Crippen LogP) is 5.02. The summed E-state index contributed by atoms with van der Waals surface area (Å²) in [6.45, 7) is 10.9. The van der Waals surface area contributed by atoms with E-state index in [0.717, 1.165) is 67.7 Å². The van der Waals surface area contributed by atoms with E-state index in [4.69, 9.17) is 4.74 Å². The van der Waals surface area contributed by atoms with Gasteiger partial charge in [-0.05, 0) is 68.1 Å². The van der Waals surface area contributed by atoms with Gasteiger partial charge in [-0.25, -0.2) is 9.97 Å². The van der Waals surface area contributed by atoms with Gasteiger partial charge in [-0.15, -0.1) is 0 Å². The van der Waals surface area contributed by atoms with Crippen LogP contribution in [0.1, 0.15) is 47.8 Å². The summed E-state index contributed by atoms with van der Waals surface area (Å²) in [6.07, 6.45) is 7.00. The Kier molecular flexibility index (Phi) is 6.88. The number of rotatable bonds is 7. The Morgan fingerprint density at radius 3 is 2.44 bits per heavy atom. The van der Waals surface area contributed by atoms with E-state index in [0.29, 0.717) is 0 Å². The quantitative estimate of drug-likeness (QED) is 0.567. The summed E-state index contributed by atoms with van der Waals surface area (Å²) in [5.41, 5.74) is 6.82. The molecule has 0 amide bonds. The van der Waals surface area contributed by atoms with Crippen LogP contribution >= 0.6 is 0 Å². The molecule has 3 heterocycles. The van der Waals surface area contributed by atoms with Crippen LogP contribution < -0.4 is 15.0 Å². The number of anilines is 2. The lowest BCUT2D eigenvalue weighted by atomic mass is 10.1. The van der Waals surface area contributed by atoms with E-state index in [1.54, 1.807) is 0 Å². The molecule has 1 aliphatic heterocycles. The minimum atomic E-state index is 0.228. The van der Waals surface area contributed by atoms with Crippen LogP contribution in [0.5, 0.6) is 5.75 Å². The third kappa shape index (κ3) is 5.36. The van der Waals surface area contributed by atoms with E-state index in [2.05, 4.69) is 63.3 Å². The predicted molar refractivity (Wildman–Crippen MR) is 129 cm³/mol. The zero-order valence-electron chi connectivity index (χ0n) is 19.6. The average molecular weight is 432 g/mol. The summed E-state index contributed by atoms with van der Waals surface area (Å²) >= 11 is 0. The molecule has 1 aromatic carbocycles. The average Bonchev–Trinajstić information content (AvgIpc) is 2.80. The minimum Gasteiger partial charge on any atom is -0.490 e. The molecule has 0 spiro atoms. The summed E-state index contributed by atoms with van der Waals surface area (Å²) in [4.78, 5) is 15.8. The molecule has 0 radical (unpaired) electrons. The van der Waals surface area contributed by atoms with E-state index < -0.39 is 0 Å². The third-order valence-electron chi connectivity index (χ3n) is 6.14. The Hall–Kier alpha value is -3.15. The maximum Gasteiger partial charge on any atom is 0.225 e. The van der Waals surface area contributed by atoms with Crippen LogP contribution in [0.25, 0.3) is 0 Å². The topological polar surface area (TPSA) is 63.2 Å². The molecule has 168 valence electrons. The highest BCUT2D eigenvalue weighted by Gasteiger charge is 2.22. The van der Waals surface area contributed by atoms with Crippen LogP contribution in [0, 0.1) is 20.8 Å². The van der Waals surface area contributed by atoms with E-state index in [-0.39, 0.29) is 6.10 Å². The summed E-state index contributed by atoms with van der Waals surface area (Å²) in [7, 11) is 0. The molecule has 4 rings (SSSR count). The van der Waals surface area contributed by atoms with Gasteiger partial charge in [0, 0.05) is 50.6 Å². The lowest BCUT2D eigenvalue weighted by molar-refractivity contribution is 0.170. The first kappa shape index (κ1) is 22.1. The largest absolute Gasteiger partial charge is 0.490 e. The molecule has 0 bridgehead atoms. The van der Waals surface area contributed by atoms with Gasteiger partial charge in [0.1, 0.15) is 11.9 Å². The Labute approximate surface area is 191 Å². The number of nitrogens with one attached hydrogen (secondary N) is 1. The molecule has 6 nitrogen and oxygen atoms in total. The maximum absolute atomic E-state index is 6.31. The molecule has 32 heavy (non-hydrogen) atoms. The number of piperidine rings is 1. The fourth-order valence-electron chi connectivity index (χ4n) is 4.06. The smallest absolute Gasteiger partial charge is 0.225 e. The number of benzene rings is 1. The van der Waals surface area contributed by atoms with Gasteiger partial charge in [-0.3, -0.25) is 4.98 Å². The third-order valence-corrected chi connectivity index (χ3v) is 6.14. The minimum absolute atomic E-state index is 0.228. The van der Waals surface area contributed by atoms with Gasteiger partial charge in [0.05, 0.1) is 11.4 Å². The molecule has 6 heteroatoms. The van der Waals surface area contributed by atoms with E-state index >= 15 is 0 Å². The first-order chi connectivity index (χ1) is 15.5. The first-order valence-corrected chi connectivity index (χ1v) is 11.5. The number of pyridine rings is 1. The van der Waals surface area contributed by atoms with Gasteiger partial charge >= 0.3 is 0 Å². The number of ether oxygens (including phenoxy) is 1. The van der Waals surface area contributed by atoms with Crippen molar-refractivity contribution in [2.45, 2.75) is 59.6 Å². The van der Waals surface area contributed by atoms with E-state index in [1.807, 2.05) is 32.3 Å². The summed E-state index contributed by atoms with van der Waals surface area (Å²) in [5, 5.41) is 3.50. The molecular formula is C26H33N5O. The van der Waals surface area contributed by atoms with Crippen LogP contribution in [0.2, 0.25) is 0 Å². The molecule has 0 saturated carbocycles. The van der Waals surface area contributed by atoms with Crippen LogP contribution in [0.3, 0.4) is 0 Å². The highest BCUT2D eigenvalue weighted by atomic mass is 16.5. The second-order valence-corrected chi connectivity index (χ2v) is 8.58. The molecule has 0 unspecified atom stereocenters. The van der Waals surface area contributed by atoms with Gasteiger partial charge in [0.25, 0.3) is 0 Å². The van der Waals surface area contributed by atoms with E-state index in [1.165, 1.54) is 16.7 Å². The van der Waals surface area contributed by atoms with Gasteiger partial charge in [-0.1, -0.05) is 13.0 Å². The molecular weight excluding hydrogens is 398 g/mol. The van der Waals surface area contributed by atoms with Gasteiger partial charge in [0.15, 0.2) is 0 Å². The number of aromatic nitrogens is 3. The highest BCUT2D eigenvalue weighted by molar-refractivity contribution is 5.49. The van der Waals surface area contributed by atoms with Crippen molar-refractivity contribution >= 4 is 11.6 Å². The Balaban J connectivity index is 1.30. The zero-order chi connectivity index (χ0) is 22.5. The Morgan fingerprint density at radius 1 is 1.03 bits per heavy atom. The monoisotopic (exact) mass is 431 g/mol. The van der Waals surface area contributed by atoms with Gasteiger partial charge < -0.3 is 15.0 Å². The van der Waals surface area contributed by atoms with Crippen molar-refractivity contribution in [1.82, 2.24) is 15.0 Å². The lowest BCUT2D eigenvalue weighted by Gasteiger charge is -2.32. The highest BCUT2D eigenvalue weighted by Crippen LogP contribution is 2.24. The summed E-state index contributed by atoms with van der Waals surface area (Å²) in [6, 6.07) is 10.5. The number of hydrogen-bond donors (Lipinski definition) is 1. The number of hydrogen-bond acceptors (Lipinski definition) is 6. The van der Waals surface area contributed by atoms with Crippen molar-refractivity contribution in [3.05, 3.63) is 70.8 Å². The molecule has 0 atom stereocenters. The Morgan fingerprint density at radius 2 is 1.78 bits per heavy atom. The maximum atomic E-state index is 6.31. The number of aryl methyl sites for hydroxylation is 4. The van der Waals surface area contributed by atoms with Crippen LogP contribution in [-0.2, 0) is 13.0 Å². The molecule has 3 aromatic rings. The van der Waals surface area contributed by atoms with E-state index in [9.17, 15) is 0 Å². The fourth-order valence-corrected chi connectivity index (χ4v) is 4.06. The molecule has 1 N–H and O–H groups in total. The normalized spacial score (nSPS) is 14.4. The first-order valence-electron chi connectivity index (χ1n) is 11.5. The Bertz CT molecular complexity index is 1040.